The summed E-state index contributed by atoms with van der Waals surface area (Å²) in [5, 5.41) is 5.98. The monoisotopic (exact) mass is 263 g/mol. The molecule has 19 heavy (non-hydrogen) atoms. The van der Waals surface area contributed by atoms with Gasteiger partial charge in [-0.25, -0.2) is 4.98 Å². The van der Waals surface area contributed by atoms with Gasteiger partial charge in [0.2, 0.25) is 0 Å². The van der Waals surface area contributed by atoms with Crippen molar-refractivity contribution in [1.29, 1.82) is 0 Å². The zero-order valence-corrected chi connectivity index (χ0v) is 12.6. The predicted molar refractivity (Wildman–Crippen MR) is 79.5 cm³/mol. The van der Waals surface area contributed by atoms with Crippen molar-refractivity contribution in [3.63, 3.8) is 0 Å². The van der Waals surface area contributed by atoms with E-state index in [0.29, 0.717) is 23.9 Å². The van der Waals surface area contributed by atoms with Crippen molar-refractivity contribution in [3.8, 4) is 0 Å². The minimum Gasteiger partial charge on any atom is -0.373 e. The van der Waals surface area contributed by atoms with Crippen molar-refractivity contribution in [2.24, 2.45) is 11.8 Å². The van der Waals surface area contributed by atoms with E-state index in [9.17, 15) is 4.79 Å². The highest BCUT2D eigenvalue weighted by Crippen LogP contribution is 2.12. The maximum absolute atomic E-state index is 12.1. The van der Waals surface area contributed by atoms with Gasteiger partial charge in [0.05, 0.1) is 0 Å². The summed E-state index contributed by atoms with van der Waals surface area (Å²) in [6, 6.07) is 3.64. The third kappa shape index (κ3) is 4.54. The van der Waals surface area contributed by atoms with Crippen molar-refractivity contribution in [2.45, 2.75) is 34.1 Å². The molecular formula is C15H25N3O. The van der Waals surface area contributed by atoms with Crippen molar-refractivity contribution in [1.82, 2.24) is 10.3 Å². The number of carbonyl (C=O) groups excluding carboxylic acids is 1. The number of anilines is 1. The predicted octanol–water partition coefficient (Wildman–Crippen LogP) is 2.71. The molecular weight excluding hydrogens is 238 g/mol. The number of aromatic nitrogens is 1. The second kappa shape index (κ2) is 7.12. The van der Waals surface area contributed by atoms with Crippen LogP contribution < -0.4 is 10.6 Å². The van der Waals surface area contributed by atoms with Gasteiger partial charge < -0.3 is 10.6 Å². The smallest absolute Gasteiger partial charge is 0.251 e. The topological polar surface area (TPSA) is 54.0 Å². The van der Waals surface area contributed by atoms with Crippen LogP contribution in [0.5, 0.6) is 0 Å². The summed E-state index contributed by atoms with van der Waals surface area (Å²) in [7, 11) is 1.81. The second-order valence-electron chi connectivity index (χ2n) is 5.27. The van der Waals surface area contributed by atoms with E-state index in [1.165, 1.54) is 0 Å². The van der Waals surface area contributed by atoms with E-state index < -0.39 is 0 Å². The van der Waals surface area contributed by atoms with Gasteiger partial charge in [-0.2, -0.15) is 0 Å². The number of pyridine rings is 1. The lowest BCUT2D eigenvalue weighted by molar-refractivity contribution is 0.0944. The molecule has 4 heteroatoms. The highest BCUT2D eigenvalue weighted by Gasteiger charge is 2.12. The van der Waals surface area contributed by atoms with E-state index in [1.807, 2.05) is 20.0 Å². The molecule has 0 saturated heterocycles. The molecule has 4 nitrogen and oxygen atoms in total. The van der Waals surface area contributed by atoms with E-state index >= 15 is 0 Å². The van der Waals surface area contributed by atoms with Gasteiger partial charge in [-0.15, -0.1) is 0 Å². The number of aryl methyl sites for hydroxylation is 1. The number of nitrogens with one attached hydrogen (secondary N) is 2. The Labute approximate surface area is 116 Å². The van der Waals surface area contributed by atoms with Gasteiger partial charge in [0.25, 0.3) is 5.91 Å². The van der Waals surface area contributed by atoms with Crippen molar-refractivity contribution in [3.05, 3.63) is 23.4 Å². The normalized spacial score (nSPS) is 12.3. The molecule has 2 N–H and O–H groups in total. The summed E-state index contributed by atoms with van der Waals surface area (Å²) >= 11 is 0. The molecule has 0 fully saturated rings. The Balaban J connectivity index is 2.76. The van der Waals surface area contributed by atoms with Crippen LogP contribution in [0.25, 0.3) is 0 Å². The fraction of sp³-hybridized carbons (Fsp3) is 0.600. The Bertz CT molecular complexity index is 407. The molecule has 0 aliphatic rings. The highest BCUT2D eigenvalue weighted by atomic mass is 16.1. The summed E-state index contributed by atoms with van der Waals surface area (Å²) < 4.78 is 0. The first-order chi connectivity index (χ1) is 8.97. The van der Waals surface area contributed by atoms with Gasteiger partial charge >= 0.3 is 0 Å². The van der Waals surface area contributed by atoms with Gasteiger partial charge in [0.15, 0.2) is 0 Å². The molecule has 1 atom stereocenters. The number of carbonyl (C=O) groups is 1. The fourth-order valence-corrected chi connectivity index (χ4v) is 1.62. The lowest BCUT2D eigenvalue weighted by Gasteiger charge is -2.16. The molecule has 1 amide bonds. The van der Waals surface area contributed by atoms with Gasteiger partial charge in [0, 0.05) is 24.8 Å². The fourth-order valence-electron chi connectivity index (χ4n) is 1.62. The zero-order chi connectivity index (χ0) is 14.4. The van der Waals surface area contributed by atoms with E-state index in [2.05, 4.69) is 36.4 Å². The van der Waals surface area contributed by atoms with Crippen LogP contribution in [0.4, 0.5) is 5.82 Å². The van der Waals surface area contributed by atoms with Gasteiger partial charge in [-0.1, -0.05) is 27.7 Å². The summed E-state index contributed by atoms with van der Waals surface area (Å²) in [5.74, 6) is 1.75. The van der Waals surface area contributed by atoms with Crippen LogP contribution in [0, 0.1) is 11.8 Å². The lowest BCUT2D eigenvalue weighted by atomic mass is 9.98. The number of hydrogen-bond acceptors (Lipinski definition) is 3. The third-order valence-electron chi connectivity index (χ3n) is 3.48. The number of amides is 1. The van der Waals surface area contributed by atoms with E-state index in [0.717, 1.165) is 17.9 Å². The molecule has 0 aliphatic carbocycles. The van der Waals surface area contributed by atoms with Crippen LogP contribution in [0.1, 0.15) is 43.7 Å². The second-order valence-corrected chi connectivity index (χ2v) is 5.27. The summed E-state index contributed by atoms with van der Waals surface area (Å²) in [6.07, 6.45) is 0.818. The summed E-state index contributed by atoms with van der Waals surface area (Å²) in [6.45, 7) is 9.21. The standard InChI is InChI=1S/C15H25N3O/c1-6-13-7-12(8-14(16-5)18-13)15(19)17-9-11(4)10(2)3/h7-8,10-11H,6,9H2,1-5H3,(H,16,18)(H,17,19). The van der Waals surface area contributed by atoms with Crippen molar-refractivity contribution in [2.75, 3.05) is 18.9 Å². The Morgan fingerprint density at radius 2 is 2.00 bits per heavy atom. The number of rotatable bonds is 6. The SMILES string of the molecule is CCc1cc(C(=O)NCC(C)C(C)C)cc(NC)n1. The first-order valence-electron chi connectivity index (χ1n) is 6.94. The van der Waals surface area contributed by atoms with Gasteiger partial charge in [0.1, 0.15) is 5.82 Å². The van der Waals surface area contributed by atoms with Gasteiger partial charge in [-0.3, -0.25) is 4.79 Å². The highest BCUT2D eigenvalue weighted by molar-refractivity contribution is 5.95. The third-order valence-corrected chi connectivity index (χ3v) is 3.48. The Hall–Kier alpha value is -1.58. The molecule has 0 aromatic carbocycles. The molecule has 1 aromatic rings. The van der Waals surface area contributed by atoms with Crippen LogP contribution in [-0.4, -0.2) is 24.5 Å². The largest absolute Gasteiger partial charge is 0.373 e. The maximum atomic E-state index is 12.1. The molecule has 106 valence electrons. The molecule has 0 aliphatic heterocycles. The summed E-state index contributed by atoms with van der Waals surface area (Å²) in [5.41, 5.74) is 1.60. The van der Waals surface area contributed by atoms with Crippen LogP contribution >= 0.6 is 0 Å². The molecule has 1 heterocycles. The molecule has 1 rings (SSSR count). The van der Waals surface area contributed by atoms with Gasteiger partial charge in [-0.05, 0) is 30.4 Å². The van der Waals surface area contributed by atoms with Crippen LogP contribution in [0.3, 0.4) is 0 Å². The Morgan fingerprint density at radius 1 is 1.32 bits per heavy atom. The molecule has 0 radical (unpaired) electrons. The Kier molecular flexibility index (Phi) is 5.80. The van der Waals surface area contributed by atoms with E-state index in [-0.39, 0.29) is 5.91 Å². The lowest BCUT2D eigenvalue weighted by Crippen LogP contribution is -2.30. The van der Waals surface area contributed by atoms with Crippen LogP contribution in [0.15, 0.2) is 12.1 Å². The molecule has 0 bridgehead atoms. The first-order valence-corrected chi connectivity index (χ1v) is 6.94. The summed E-state index contributed by atoms with van der Waals surface area (Å²) in [4.78, 5) is 16.5. The maximum Gasteiger partial charge on any atom is 0.251 e. The van der Waals surface area contributed by atoms with E-state index in [4.69, 9.17) is 0 Å². The number of nitrogens with zero attached hydrogens (tertiary/aromatic N) is 1. The van der Waals surface area contributed by atoms with Crippen molar-refractivity contribution >= 4 is 11.7 Å². The average molecular weight is 263 g/mol. The zero-order valence-electron chi connectivity index (χ0n) is 12.6. The quantitative estimate of drug-likeness (QED) is 0.829. The van der Waals surface area contributed by atoms with Crippen LogP contribution in [0.2, 0.25) is 0 Å². The molecule has 1 aromatic heterocycles. The Morgan fingerprint density at radius 3 is 2.53 bits per heavy atom. The minimum atomic E-state index is -0.0268. The van der Waals surface area contributed by atoms with E-state index in [1.54, 1.807) is 6.07 Å². The number of hydrogen-bond donors (Lipinski definition) is 2. The van der Waals surface area contributed by atoms with Crippen molar-refractivity contribution < 1.29 is 4.79 Å². The minimum absolute atomic E-state index is 0.0268. The first kappa shape index (κ1) is 15.5. The average Bonchev–Trinajstić information content (AvgIpc) is 2.43. The van der Waals surface area contributed by atoms with Crippen LogP contribution in [-0.2, 0) is 6.42 Å². The molecule has 0 saturated carbocycles. The molecule has 1 unspecified atom stereocenters. The molecule has 0 spiro atoms.